The number of benzene rings is 3. The number of nitrogens with one attached hydrogen (secondary N) is 1. The normalized spacial score (nSPS) is 13.4. The van der Waals surface area contributed by atoms with Crippen molar-refractivity contribution in [2.75, 3.05) is 19.0 Å². The molecule has 2 amide bonds. The van der Waals surface area contributed by atoms with Gasteiger partial charge in [0.05, 0.1) is 26.2 Å². The van der Waals surface area contributed by atoms with Gasteiger partial charge in [-0.15, -0.1) is 0 Å². The molecule has 4 rings (SSSR count). The van der Waals surface area contributed by atoms with E-state index in [0.29, 0.717) is 30.2 Å². The Kier molecular flexibility index (Phi) is 6.63. The van der Waals surface area contributed by atoms with E-state index >= 15 is 0 Å². The lowest BCUT2D eigenvalue weighted by atomic mass is 10.0. The number of hydrogen-bond acceptors (Lipinski definition) is 4. The zero-order valence-electron chi connectivity index (χ0n) is 19.1. The van der Waals surface area contributed by atoms with Crippen LogP contribution in [0, 0.1) is 6.92 Å². The third-order valence-corrected chi connectivity index (χ3v) is 5.81. The fourth-order valence-electron chi connectivity index (χ4n) is 4.13. The zero-order valence-corrected chi connectivity index (χ0v) is 19.1. The summed E-state index contributed by atoms with van der Waals surface area (Å²) in [6.07, 6.45) is 0.116. The van der Waals surface area contributed by atoms with Crippen molar-refractivity contribution in [2.24, 2.45) is 0 Å². The summed E-state index contributed by atoms with van der Waals surface area (Å²) in [4.78, 5) is 28.0. The Morgan fingerprint density at radius 2 is 1.82 bits per heavy atom. The molecule has 1 aliphatic heterocycles. The van der Waals surface area contributed by atoms with Gasteiger partial charge in [0.2, 0.25) is 5.91 Å². The van der Waals surface area contributed by atoms with E-state index in [-0.39, 0.29) is 18.2 Å². The molecular weight excluding hydrogens is 416 g/mol. The highest BCUT2D eigenvalue weighted by Crippen LogP contribution is 2.37. The van der Waals surface area contributed by atoms with E-state index in [9.17, 15) is 9.59 Å². The maximum absolute atomic E-state index is 13.3. The first-order valence-electron chi connectivity index (χ1n) is 11.1. The number of carbonyl (C=O) groups is 2. The van der Waals surface area contributed by atoms with E-state index in [4.69, 9.17) is 9.47 Å². The molecule has 3 aromatic rings. The summed E-state index contributed by atoms with van der Waals surface area (Å²) in [5.74, 6) is 0.956. The molecule has 0 aromatic heterocycles. The minimum atomic E-state index is -0.458. The Morgan fingerprint density at radius 3 is 2.52 bits per heavy atom. The van der Waals surface area contributed by atoms with Crippen LogP contribution in [0.3, 0.4) is 0 Å². The highest BCUT2D eigenvalue weighted by molar-refractivity contribution is 5.99. The summed E-state index contributed by atoms with van der Waals surface area (Å²) in [6, 6.07) is 20.3. The molecule has 0 spiro atoms. The van der Waals surface area contributed by atoms with Gasteiger partial charge in [0.25, 0.3) is 5.91 Å². The van der Waals surface area contributed by atoms with Crippen molar-refractivity contribution in [3.05, 3.63) is 89.0 Å². The average Bonchev–Trinajstić information content (AvgIpc) is 3.16. The number of amides is 2. The van der Waals surface area contributed by atoms with Crippen LogP contribution in [0.1, 0.15) is 46.4 Å². The van der Waals surface area contributed by atoms with Crippen molar-refractivity contribution in [2.45, 2.75) is 32.9 Å². The van der Waals surface area contributed by atoms with Gasteiger partial charge in [-0.1, -0.05) is 42.0 Å². The van der Waals surface area contributed by atoms with E-state index in [2.05, 4.69) is 5.32 Å². The fraction of sp³-hybridized carbons (Fsp3) is 0.259. The SMILES string of the molecule is CCOc1ccc(C(CC(=O)Nc2ccc(C)cc2)N2Cc3ccccc3C2=O)cc1OC. The number of hydrogen-bond donors (Lipinski definition) is 1. The summed E-state index contributed by atoms with van der Waals surface area (Å²) in [6.45, 7) is 4.87. The van der Waals surface area contributed by atoms with Crippen molar-refractivity contribution < 1.29 is 19.1 Å². The molecule has 1 unspecified atom stereocenters. The largest absolute Gasteiger partial charge is 0.493 e. The van der Waals surface area contributed by atoms with Crippen LogP contribution in [-0.4, -0.2) is 30.4 Å². The number of nitrogens with zero attached hydrogens (tertiary/aromatic N) is 1. The molecule has 0 radical (unpaired) electrons. The van der Waals surface area contributed by atoms with E-state index in [0.717, 1.165) is 22.4 Å². The van der Waals surface area contributed by atoms with Gasteiger partial charge in [-0.05, 0) is 55.3 Å². The molecule has 170 valence electrons. The number of fused-ring (bicyclic) bond motifs is 1. The minimum Gasteiger partial charge on any atom is -0.493 e. The lowest BCUT2D eigenvalue weighted by molar-refractivity contribution is -0.117. The number of aryl methyl sites for hydroxylation is 1. The maximum Gasteiger partial charge on any atom is 0.255 e. The van der Waals surface area contributed by atoms with Crippen LogP contribution in [0.25, 0.3) is 0 Å². The van der Waals surface area contributed by atoms with Crippen LogP contribution in [0.4, 0.5) is 5.69 Å². The summed E-state index contributed by atoms with van der Waals surface area (Å²) in [5, 5.41) is 2.96. The quantitative estimate of drug-likeness (QED) is 0.523. The van der Waals surface area contributed by atoms with E-state index in [1.54, 1.807) is 12.0 Å². The minimum absolute atomic E-state index is 0.0772. The summed E-state index contributed by atoms with van der Waals surface area (Å²) in [5.41, 5.74) is 4.30. The van der Waals surface area contributed by atoms with E-state index < -0.39 is 6.04 Å². The molecule has 0 saturated heterocycles. The molecule has 33 heavy (non-hydrogen) atoms. The van der Waals surface area contributed by atoms with Crippen molar-refractivity contribution in [1.82, 2.24) is 4.90 Å². The van der Waals surface area contributed by atoms with E-state index in [1.165, 1.54) is 0 Å². The molecule has 1 heterocycles. The van der Waals surface area contributed by atoms with Crippen molar-refractivity contribution in [3.8, 4) is 11.5 Å². The number of rotatable bonds is 8. The zero-order chi connectivity index (χ0) is 23.4. The highest BCUT2D eigenvalue weighted by Gasteiger charge is 2.34. The smallest absolute Gasteiger partial charge is 0.255 e. The molecule has 3 aromatic carbocycles. The van der Waals surface area contributed by atoms with Crippen LogP contribution in [0.15, 0.2) is 66.7 Å². The van der Waals surface area contributed by atoms with Gasteiger partial charge >= 0.3 is 0 Å². The second kappa shape index (κ2) is 9.77. The molecule has 1 N–H and O–H groups in total. The van der Waals surface area contributed by atoms with Crippen LogP contribution in [-0.2, 0) is 11.3 Å². The molecule has 0 bridgehead atoms. The topological polar surface area (TPSA) is 67.9 Å². The first-order chi connectivity index (χ1) is 16.0. The van der Waals surface area contributed by atoms with Gasteiger partial charge in [-0.2, -0.15) is 0 Å². The third kappa shape index (κ3) is 4.85. The second-order valence-electron chi connectivity index (χ2n) is 8.07. The van der Waals surface area contributed by atoms with Crippen molar-refractivity contribution in [1.29, 1.82) is 0 Å². The molecular formula is C27H28N2O4. The summed E-state index contributed by atoms with van der Waals surface area (Å²) in [7, 11) is 1.58. The maximum atomic E-state index is 13.3. The number of ether oxygens (including phenoxy) is 2. The Labute approximate surface area is 194 Å². The predicted molar refractivity (Wildman–Crippen MR) is 128 cm³/mol. The third-order valence-electron chi connectivity index (χ3n) is 5.81. The second-order valence-corrected chi connectivity index (χ2v) is 8.07. The van der Waals surface area contributed by atoms with Crippen LogP contribution < -0.4 is 14.8 Å². The molecule has 0 fully saturated rings. The van der Waals surface area contributed by atoms with Gasteiger partial charge in [-0.25, -0.2) is 0 Å². The predicted octanol–water partition coefficient (Wildman–Crippen LogP) is 5.13. The first kappa shape index (κ1) is 22.4. The monoisotopic (exact) mass is 444 g/mol. The Balaban J connectivity index is 1.65. The summed E-state index contributed by atoms with van der Waals surface area (Å²) >= 11 is 0. The van der Waals surface area contributed by atoms with Crippen LogP contribution >= 0.6 is 0 Å². The highest BCUT2D eigenvalue weighted by atomic mass is 16.5. The van der Waals surface area contributed by atoms with Gasteiger partial charge in [0, 0.05) is 17.8 Å². The van der Waals surface area contributed by atoms with Gasteiger partial charge in [0.1, 0.15) is 0 Å². The Bertz CT molecular complexity index is 1160. The van der Waals surface area contributed by atoms with E-state index in [1.807, 2.05) is 80.6 Å². The number of anilines is 1. The lowest BCUT2D eigenvalue weighted by Gasteiger charge is -2.28. The molecule has 0 aliphatic carbocycles. The Hall–Kier alpha value is -3.80. The van der Waals surface area contributed by atoms with Gasteiger partial charge in [0.15, 0.2) is 11.5 Å². The van der Waals surface area contributed by atoms with Crippen molar-refractivity contribution in [3.63, 3.8) is 0 Å². The molecule has 1 atom stereocenters. The average molecular weight is 445 g/mol. The molecule has 6 heteroatoms. The van der Waals surface area contributed by atoms with Gasteiger partial charge < -0.3 is 19.7 Å². The lowest BCUT2D eigenvalue weighted by Crippen LogP contribution is -2.32. The van der Waals surface area contributed by atoms with Crippen molar-refractivity contribution >= 4 is 17.5 Å². The Morgan fingerprint density at radius 1 is 1.06 bits per heavy atom. The van der Waals surface area contributed by atoms with Gasteiger partial charge in [-0.3, -0.25) is 9.59 Å². The summed E-state index contributed by atoms with van der Waals surface area (Å²) < 4.78 is 11.2. The van der Waals surface area contributed by atoms with Crippen LogP contribution in [0.5, 0.6) is 11.5 Å². The molecule has 1 aliphatic rings. The number of methoxy groups -OCH3 is 1. The standard InChI is InChI=1S/C27H28N2O4/c1-4-33-24-14-11-19(15-25(24)32-3)23(16-26(30)28-21-12-9-18(2)10-13-21)29-17-20-7-5-6-8-22(20)27(29)31/h5-15,23H,4,16-17H2,1-3H3,(H,28,30). The fourth-order valence-corrected chi connectivity index (χ4v) is 4.13. The van der Waals surface area contributed by atoms with Crippen LogP contribution in [0.2, 0.25) is 0 Å². The molecule has 6 nitrogen and oxygen atoms in total. The molecule has 0 saturated carbocycles. The number of carbonyl (C=O) groups excluding carboxylic acids is 2. The first-order valence-corrected chi connectivity index (χ1v) is 11.1.